The van der Waals surface area contributed by atoms with Gasteiger partial charge in [0.1, 0.15) is 0 Å². The monoisotopic (exact) mass is 389 g/mol. The zero-order valence-electron chi connectivity index (χ0n) is 13.7. The molecule has 0 atom stereocenters. The maximum Gasteiger partial charge on any atom is 0.234 e. The minimum Gasteiger partial charge on any atom is -0.325 e. The van der Waals surface area contributed by atoms with Crippen molar-refractivity contribution in [1.82, 2.24) is 20.2 Å². The molecule has 1 amide bonds. The number of pyridine rings is 1. The second-order valence-corrected chi connectivity index (χ2v) is 8.30. The van der Waals surface area contributed by atoms with E-state index < -0.39 is 9.84 Å². The van der Waals surface area contributed by atoms with Gasteiger partial charge in [0.05, 0.1) is 10.6 Å². The van der Waals surface area contributed by atoms with Gasteiger partial charge in [-0.2, -0.15) is 0 Å². The Labute approximate surface area is 154 Å². The van der Waals surface area contributed by atoms with Crippen LogP contribution in [0.2, 0.25) is 0 Å². The van der Waals surface area contributed by atoms with Crippen LogP contribution in [0.25, 0.3) is 11.4 Å². The van der Waals surface area contributed by atoms with Crippen molar-refractivity contribution in [3.63, 3.8) is 0 Å². The fourth-order valence-corrected chi connectivity index (χ4v) is 3.35. The summed E-state index contributed by atoms with van der Waals surface area (Å²) in [5.41, 5.74) is 1.27. The molecule has 2 N–H and O–H groups in total. The fourth-order valence-electron chi connectivity index (χ4n) is 2.08. The van der Waals surface area contributed by atoms with Gasteiger partial charge in [-0.05, 0) is 30.3 Å². The molecule has 8 nitrogen and oxygen atoms in total. The number of hydrogen-bond donors (Lipinski definition) is 2. The van der Waals surface area contributed by atoms with Crippen LogP contribution in [-0.2, 0) is 14.6 Å². The number of anilines is 1. The number of sulfone groups is 1. The first-order valence-electron chi connectivity index (χ1n) is 7.47. The number of nitrogens with one attached hydrogen (secondary N) is 2. The van der Waals surface area contributed by atoms with Crippen LogP contribution >= 0.6 is 11.8 Å². The van der Waals surface area contributed by atoms with E-state index in [-0.39, 0.29) is 16.6 Å². The topological polar surface area (TPSA) is 118 Å². The molecule has 0 fully saturated rings. The van der Waals surface area contributed by atoms with Crippen LogP contribution in [-0.4, -0.2) is 46.5 Å². The predicted molar refractivity (Wildman–Crippen MR) is 98.5 cm³/mol. The molecule has 0 bridgehead atoms. The lowest BCUT2D eigenvalue weighted by atomic mass is 10.3. The lowest BCUT2D eigenvalue weighted by Gasteiger charge is -2.05. The molecule has 0 aliphatic heterocycles. The van der Waals surface area contributed by atoms with E-state index in [1.165, 1.54) is 23.9 Å². The van der Waals surface area contributed by atoms with Crippen LogP contribution in [0.4, 0.5) is 5.69 Å². The van der Waals surface area contributed by atoms with E-state index in [2.05, 4.69) is 25.5 Å². The van der Waals surface area contributed by atoms with Crippen molar-refractivity contribution in [1.29, 1.82) is 0 Å². The Morgan fingerprint density at radius 2 is 2.00 bits per heavy atom. The van der Waals surface area contributed by atoms with Gasteiger partial charge in [-0.15, -0.1) is 5.10 Å². The Hall–Kier alpha value is -2.72. The fraction of sp³-hybridized carbons (Fsp3) is 0.125. The van der Waals surface area contributed by atoms with Crippen LogP contribution < -0.4 is 5.32 Å². The minimum atomic E-state index is -3.33. The van der Waals surface area contributed by atoms with E-state index in [0.29, 0.717) is 16.7 Å². The Kier molecular flexibility index (Phi) is 5.33. The van der Waals surface area contributed by atoms with Gasteiger partial charge in [-0.25, -0.2) is 13.4 Å². The molecule has 3 aromatic rings. The molecule has 0 radical (unpaired) electrons. The number of carbonyl (C=O) groups is 1. The summed E-state index contributed by atoms with van der Waals surface area (Å²) in [6, 6.07) is 9.72. The standard InChI is InChI=1S/C16H15N5O3S2/c1-26(23,24)13-4-2-3-12(9-13)18-14(22)10-25-16-19-15(20-21-16)11-5-7-17-8-6-11/h2-9H,10H2,1H3,(H,18,22)(H,19,20,21). The lowest BCUT2D eigenvalue weighted by Crippen LogP contribution is -2.14. The predicted octanol–water partition coefficient (Wildman–Crippen LogP) is 2.00. The smallest absolute Gasteiger partial charge is 0.234 e. The third-order valence-electron chi connectivity index (χ3n) is 3.30. The van der Waals surface area contributed by atoms with Gasteiger partial charge >= 0.3 is 0 Å². The molecule has 3 rings (SSSR count). The first-order valence-corrected chi connectivity index (χ1v) is 10.3. The summed E-state index contributed by atoms with van der Waals surface area (Å²) in [6.45, 7) is 0. The first kappa shape index (κ1) is 18.1. The first-order chi connectivity index (χ1) is 12.4. The Morgan fingerprint density at radius 3 is 2.73 bits per heavy atom. The molecule has 1 aromatic carbocycles. The summed E-state index contributed by atoms with van der Waals surface area (Å²) in [4.78, 5) is 20.5. The molecule has 0 saturated carbocycles. The van der Waals surface area contributed by atoms with Gasteiger partial charge in [0.2, 0.25) is 11.1 Å². The second-order valence-electron chi connectivity index (χ2n) is 5.34. The van der Waals surface area contributed by atoms with E-state index in [1.807, 2.05) is 0 Å². The number of thioether (sulfide) groups is 1. The van der Waals surface area contributed by atoms with E-state index in [0.717, 1.165) is 11.8 Å². The largest absolute Gasteiger partial charge is 0.325 e. The summed E-state index contributed by atoms with van der Waals surface area (Å²) in [5.74, 6) is 0.406. The highest BCUT2D eigenvalue weighted by Gasteiger charge is 2.11. The molecule has 2 heterocycles. The highest BCUT2D eigenvalue weighted by Crippen LogP contribution is 2.19. The molecular formula is C16H15N5O3S2. The summed E-state index contributed by atoms with van der Waals surface area (Å²) in [7, 11) is -3.33. The summed E-state index contributed by atoms with van der Waals surface area (Å²) < 4.78 is 23.1. The second kappa shape index (κ2) is 7.67. The molecule has 10 heteroatoms. The summed E-state index contributed by atoms with van der Waals surface area (Å²) in [6.07, 6.45) is 4.43. The van der Waals surface area contributed by atoms with Gasteiger partial charge in [-0.3, -0.25) is 14.9 Å². The highest BCUT2D eigenvalue weighted by atomic mass is 32.2. The quantitative estimate of drug-likeness (QED) is 0.619. The molecule has 0 unspecified atom stereocenters. The zero-order chi connectivity index (χ0) is 18.6. The number of benzene rings is 1. The van der Waals surface area contributed by atoms with Crippen LogP contribution in [0.1, 0.15) is 0 Å². The van der Waals surface area contributed by atoms with Gasteiger partial charge < -0.3 is 5.32 Å². The van der Waals surface area contributed by atoms with Crippen molar-refractivity contribution in [2.75, 3.05) is 17.3 Å². The maximum atomic E-state index is 12.1. The Bertz CT molecular complexity index is 1020. The van der Waals surface area contributed by atoms with Crippen molar-refractivity contribution in [2.45, 2.75) is 10.1 Å². The van der Waals surface area contributed by atoms with Gasteiger partial charge in [0.15, 0.2) is 15.7 Å². The number of rotatable bonds is 6. The van der Waals surface area contributed by atoms with Crippen molar-refractivity contribution in [2.24, 2.45) is 0 Å². The molecule has 0 spiro atoms. The van der Waals surface area contributed by atoms with Crippen LogP contribution in [0.5, 0.6) is 0 Å². The van der Waals surface area contributed by atoms with Crippen molar-refractivity contribution in [3.8, 4) is 11.4 Å². The van der Waals surface area contributed by atoms with E-state index in [1.54, 1.807) is 36.7 Å². The highest BCUT2D eigenvalue weighted by molar-refractivity contribution is 7.99. The van der Waals surface area contributed by atoms with Crippen molar-refractivity contribution >= 4 is 33.2 Å². The van der Waals surface area contributed by atoms with E-state index in [9.17, 15) is 13.2 Å². The molecule has 0 aliphatic carbocycles. The molecule has 0 aliphatic rings. The lowest BCUT2D eigenvalue weighted by molar-refractivity contribution is -0.113. The number of hydrogen-bond acceptors (Lipinski definition) is 7. The molecule has 2 aromatic heterocycles. The van der Waals surface area contributed by atoms with Crippen molar-refractivity contribution in [3.05, 3.63) is 48.8 Å². The van der Waals surface area contributed by atoms with Crippen molar-refractivity contribution < 1.29 is 13.2 Å². The van der Waals surface area contributed by atoms with Crippen LogP contribution in [0.3, 0.4) is 0 Å². The molecule has 0 saturated heterocycles. The number of H-pyrrole nitrogens is 1. The maximum absolute atomic E-state index is 12.1. The van der Waals surface area contributed by atoms with E-state index in [4.69, 9.17) is 0 Å². The average molecular weight is 389 g/mol. The number of nitrogens with zero attached hydrogens (tertiary/aromatic N) is 3. The van der Waals surface area contributed by atoms with E-state index >= 15 is 0 Å². The normalized spacial score (nSPS) is 11.3. The number of carbonyl (C=O) groups excluding carboxylic acids is 1. The van der Waals surface area contributed by atoms with Gasteiger partial charge in [0.25, 0.3) is 0 Å². The van der Waals surface area contributed by atoms with Gasteiger partial charge in [-0.1, -0.05) is 17.8 Å². The molecule has 26 heavy (non-hydrogen) atoms. The number of amides is 1. The SMILES string of the molecule is CS(=O)(=O)c1cccc(NC(=O)CSc2n[nH]c(-c3ccncc3)n2)c1. The van der Waals surface area contributed by atoms with Crippen LogP contribution in [0, 0.1) is 0 Å². The molecule has 134 valence electrons. The Balaban J connectivity index is 1.59. The zero-order valence-corrected chi connectivity index (χ0v) is 15.3. The summed E-state index contributed by atoms with van der Waals surface area (Å²) in [5, 5.41) is 9.98. The summed E-state index contributed by atoms with van der Waals surface area (Å²) >= 11 is 1.17. The third kappa shape index (κ3) is 4.67. The minimum absolute atomic E-state index is 0.0940. The average Bonchev–Trinajstić information content (AvgIpc) is 3.09. The number of aromatic nitrogens is 4. The third-order valence-corrected chi connectivity index (χ3v) is 5.25. The Morgan fingerprint density at radius 1 is 1.23 bits per heavy atom. The van der Waals surface area contributed by atoms with Crippen LogP contribution in [0.15, 0.2) is 58.8 Å². The number of aromatic amines is 1. The molecular weight excluding hydrogens is 374 g/mol. The van der Waals surface area contributed by atoms with Gasteiger partial charge in [0, 0.05) is 29.9 Å².